The van der Waals surface area contributed by atoms with E-state index in [4.69, 9.17) is 11.6 Å². The minimum Gasteiger partial charge on any atom is -0.347 e. The molecule has 1 saturated heterocycles. The molecule has 2 N–H and O–H groups in total. The van der Waals surface area contributed by atoms with Crippen LogP contribution in [0.15, 0.2) is 42.5 Å². The van der Waals surface area contributed by atoms with E-state index in [1.54, 1.807) is 29.2 Å². The predicted molar refractivity (Wildman–Crippen MR) is 118 cm³/mol. The van der Waals surface area contributed by atoms with E-state index in [2.05, 4.69) is 10.6 Å². The molecular formula is C23H26ClN3O3. The molecule has 1 fully saturated rings. The van der Waals surface area contributed by atoms with Crippen LogP contribution in [-0.2, 0) is 9.59 Å². The summed E-state index contributed by atoms with van der Waals surface area (Å²) >= 11 is 5.88. The first-order chi connectivity index (χ1) is 14.3. The third-order valence-electron chi connectivity index (χ3n) is 5.34. The van der Waals surface area contributed by atoms with Crippen molar-refractivity contribution in [2.45, 2.75) is 26.7 Å². The molecule has 2 aromatic carbocycles. The number of anilines is 1. The number of benzene rings is 2. The van der Waals surface area contributed by atoms with Gasteiger partial charge in [0.25, 0.3) is 5.91 Å². The quantitative estimate of drug-likeness (QED) is 0.765. The number of aryl methyl sites for hydroxylation is 2. The Bertz CT molecular complexity index is 923. The van der Waals surface area contributed by atoms with E-state index in [1.165, 1.54) is 0 Å². The van der Waals surface area contributed by atoms with Gasteiger partial charge in [0.15, 0.2) is 0 Å². The van der Waals surface area contributed by atoms with E-state index in [1.807, 2.05) is 32.0 Å². The van der Waals surface area contributed by atoms with Crippen LogP contribution in [-0.4, -0.2) is 42.3 Å². The van der Waals surface area contributed by atoms with Crippen LogP contribution >= 0.6 is 11.6 Å². The van der Waals surface area contributed by atoms with Crippen molar-refractivity contribution in [3.8, 4) is 0 Å². The topological polar surface area (TPSA) is 78.5 Å². The van der Waals surface area contributed by atoms with Gasteiger partial charge in [-0.1, -0.05) is 29.8 Å². The lowest BCUT2D eigenvalue weighted by Gasteiger charge is -2.32. The number of para-hydroxylation sites is 1. The van der Waals surface area contributed by atoms with Crippen molar-refractivity contribution in [1.29, 1.82) is 0 Å². The van der Waals surface area contributed by atoms with Gasteiger partial charge in [-0.2, -0.15) is 0 Å². The standard InChI is InChI=1S/C23H26ClN3O3/c1-15-5-3-6-16(2)21(15)26-20(28)13-25-22(29)18-7-4-12-27(14-18)23(30)17-8-10-19(24)11-9-17/h3,5-6,8-11,18H,4,7,12-14H2,1-2H3,(H,25,29)(H,26,28)/t18-/m1/s1. The highest BCUT2D eigenvalue weighted by atomic mass is 35.5. The highest BCUT2D eigenvalue weighted by molar-refractivity contribution is 6.30. The van der Waals surface area contributed by atoms with Crippen molar-refractivity contribution in [1.82, 2.24) is 10.2 Å². The monoisotopic (exact) mass is 427 g/mol. The maximum absolute atomic E-state index is 12.7. The van der Waals surface area contributed by atoms with Crippen LogP contribution in [0.3, 0.4) is 0 Å². The van der Waals surface area contributed by atoms with Crippen molar-refractivity contribution < 1.29 is 14.4 Å². The van der Waals surface area contributed by atoms with Gasteiger partial charge in [-0.05, 0) is 62.1 Å². The number of amides is 3. The Morgan fingerprint density at radius 3 is 2.40 bits per heavy atom. The molecule has 0 radical (unpaired) electrons. The minimum atomic E-state index is -0.331. The number of likely N-dealkylation sites (tertiary alicyclic amines) is 1. The van der Waals surface area contributed by atoms with Gasteiger partial charge in [0.05, 0.1) is 12.5 Å². The average Bonchev–Trinajstić information content (AvgIpc) is 2.75. The molecule has 0 spiro atoms. The summed E-state index contributed by atoms with van der Waals surface area (Å²) in [6.45, 7) is 4.70. The van der Waals surface area contributed by atoms with Gasteiger partial charge in [-0.3, -0.25) is 14.4 Å². The van der Waals surface area contributed by atoms with E-state index in [0.29, 0.717) is 30.1 Å². The molecule has 1 aliphatic rings. The third-order valence-corrected chi connectivity index (χ3v) is 5.59. The van der Waals surface area contributed by atoms with Crippen molar-refractivity contribution in [2.75, 3.05) is 25.0 Å². The number of carbonyl (C=O) groups is 3. The molecule has 1 atom stereocenters. The first kappa shape index (κ1) is 21.8. The molecule has 1 aliphatic heterocycles. The molecule has 0 bridgehead atoms. The first-order valence-electron chi connectivity index (χ1n) is 10.0. The lowest BCUT2D eigenvalue weighted by molar-refractivity contribution is -0.128. The van der Waals surface area contributed by atoms with E-state index in [0.717, 1.165) is 23.2 Å². The number of nitrogens with one attached hydrogen (secondary N) is 2. The fraction of sp³-hybridized carbons (Fsp3) is 0.348. The Morgan fingerprint density at radius 2 is 1.73 bits per heavy atom. The molecule has 0 aliphatic carbocycles. The molecule has 6 nitrogen and oxygen atoms in total. The fourth-order valence-electron chi connectivity index (χ4n) is 3.66. The van der Waals surface area contributed by atoms with Crippen LogP contribution in [0.25, 0.3) is 0 Å². The molecule has 0 aromatic heterocycles. The second-order valence-corrected chi connectivity index (χ2v) is 8.07. The zero-order valence-corrected chi connectivity index (χ0v) is 18.0. The summed E-state index contributed by atoms with van der Waals surface area (Å²) in [6.07, 6.45) is 1.43. The minimum absolute atomic E-state index is 0.103. The van der Waals surface area contributed by atoms with Gasteiger partial charge in [0, 0.05) is 29.4 Å². The van der Waals surface area contributed by atoms with Crippen molar-refractivity contribution >= 4 is 35.0 Å². The summed E-state index contributed by atoms with van der Waals surface area (Å²) in [7, 11) is 0. The van der Waals surface area contributed by atoms with Gasteiger partial charge in [-0.25, -0.2) is 0 Å². The highest BCUT2D eigenvalue weighted by Crippen LogP contribution is 2.21. The lowest BCUT2D eigenvalue weighted by atomic mass is 9.96. The summed E-state index contributed by atoms with van der Waals surface area (Å²) in [5.74, 6) is -0.925. The fourth-order valence-corrected chi connectivity index (χ4v) is 3.78. The molecule has 3 rings (SSSR count). The molecule has 0 unspecified atom stereocenters. The number of piperidine rings is 1. The largest absolute Gasteiger partial charge is 0.347 e. The number of carbonyl (C=O) groups excluding carboxylic acids is 3. The molecule has 0 saturated carbocycles. The average molecular weight is 428 g/mol. The zero-order chi connectivity index (χ0) is 21.7. The highest BCUT2D eigenvalue weighted by Gasteiger charge is 2.29. The Hall–Kier alpha value is -2.86. The molecule has 7 heteroatoms. The van der Waals surface area contributed by atoms with E-state index in [-0.39, 0.29) is 30.2 Å². The summed E-state index contributed by atoms with van der Waals surface area (Å²) in [5, 5.41) is 6.14. The molecule has 30 heavy (non-hydrogen) atoms. The molecular weight excluding hydrogens is 402 g/mol. The van der Waals surface area contributed by atoms with Crippen molar-refractivity contribution in [3.63, 3.8) is 0 Å². The van der Waals surface area contributed by atoms with Crippen molar-refractivity contribution in [3.05, 3.63) is 64.2 Å². The smallest absolute Gasteiger partial charge is 0.253 e. The first-order valence-corrected chi connectivity index (χ1v) is 10.4. The summed E-state index contributed by atoms with van der Waals surface area (Å²) in [5.41, 5.74) is 3.26. The Kier molecular flexibility index (Phi) is 7.11. The van der Waals surface area contributed by atoms with Gasteiger partial charge in [0.2, 0.25) is 11.8 Å². The predicted octanol–water partition coefficient (Wildman–Crippen LogP) is 3.56. The Balaban J connectivity index is 1.53. The SMILES string of the molecule is Cc1cccc(C)c1NC(=O)CNC(=O)[C@@H]1CCCN(C(=O)c2ccc(Cl)cc2)C1. The van der Waals surface area contributed by atoms with Crippen LogP contribution < -0.4 is 10.6 Å². The number of hydrogen-bond acceptors (Lipinski definition) is 3. The van der Waals surface area contributed by atoms with Gasteiger partial charge >= 0.3 is 0 Å². The number of rotatable bonds is 5. The lowest BCUT2D eigenvalue weighted by Crippen LogP contribution is -2.46. The van der Waals surface area contributed by atoms with Crippen molar-refractivity contribution in [2.24, 2.45) is 5.92 Å². The van der Waals surface area contributed by atoms with Crippen LogP contribution in [0.2, 0.25) is 5.02 Å². The third kappa shape index (κ3) is 5.39. The Labute approximate surface area is 181 Å². The molecule has 158 valence electrons. The van der Waals surface area contributed by atoms with E-state index < -0.39 is 0 Å². The van der Waals surface area contributed by atoms with E-state index >= 15 is 0 Å². The van der Waals surface area contributed by atoms with Crippen LogP contribution in [0.1, 0.15) is 34.3 Å². The van der Waals surface area contributed by atoms with E-state index in [9.17, 15) is 14.4 Å². The normalized spacial score (nSPS) is 16.1. The zero-order valence-electron chi connectivity index (χ0n) is 17.2. The van der Waals surface area contributed by atoms with Gasteiger partial charge < -0.3 is 15.5 Å². The second-order valence-electron chi connectivity index (χ2n) is 7.63. The maximum Gasteiger partial charge on any atom is 0.253 e. The summed E-state index contributed by atoms with van der Waals surface area (Å²) in [6, 6.07) is 12.5. The van der Waals surface area contributed by atoms with Crippen LogP contribution in [0.5, 0.6) is 0 Å². The summed E-state index contributed by atoms with van der Waals surface area (Å²) < 4.78 is 0. The number of hydrogen-bond donors (Lipinski definition) is 2. The molecule has 1 heterocycles. The van der Waals surface area contributed by atoms with Gasteiger partial charge in [-0.15, -0.1) is 0 Å². The number of nitrogens with zero attached hydrogens (tertiary/aromatic N) is 1. The molecule has 2 aromatic rings. The maximum atomic E-state index is 12.7. The number of halogens is 1. The van der Waals surface area contributed by atoms with Crippen LogP contribution in [0, 0.1) is 19.8 Å². The van der Waals surface area contributed by atoms with Gasteiger partial charge in [0.1, 0.15) is 0 Å². The second kappa shape index (κ2) is 9.76. The van der Waals surface area contributed by atoms with Crippen LogP contribution in [0.4, 0.5) is 5.69 Å². The Morgan fingerprint density at radius 1 is 1.07 bits per heavy atom. The molecule has 3 amide bonds. The summed E-state index contributed by atoms with van der Waals surface area (Å²) in [4.78, 5) is 39.3.